The number of hydrogen-bond acceptors (Lipinski definition) is 4. The molecule has 35 heavy (non-hydrogen) atoms. The largest absolute Gasteiger partial charge is 0.490 e. The lowest BCUT2D eigenvalue weighted by atomic mass is 9.98. The Morgan fingerprint density at radius 1 is 0.943 bits per heavy atom. The van der Waals surface area contributed by atoms with Gasteiger partial charge in [0.2, 0.25) is 0 Å². The van der Waals surface area contributed by atoms with Gasteiger partial charge in [-0.3, -0.25) is 10.1 Å². The molecule has 0 amide bonds. The van der Waals surface area contributed by atoms with Crippen LogP contribution in [-0.2, 0) is 6.42 Å². The molecule has 5 nitrogen and oxygen atoms in total. The van der Waals surface area contributed by atoms with Crippen LogP contribution in [0.4, 0.5) is 0 Å². The summed E-state index contributed by atoms with van der Waals surface area (Å²) in [4.78, 5) is 4.78. The molecule has 0 bridgehead atoms. The number of rotatable bonds is 7. The van der Waals surface area contributed by atoms with Crippen molar-refractivity contribution in [1.82, 2.24) is 15.2 Å². The zero-order valence-electron chi connectivity index (χ0n) is 19.1. The molecule has 0 saturated heterocycles. The van der Waals surface area contributed by atoms with Crippen LogP contribution in [0.2, 0.25) is 10.0 Å². The molecule has 0 fully saturated rings. The molecule has 0 saturated carbocycles. The second kappa shape index (κ2) is 10.1. The van der Waals surface area contributed by atoms with Crippen LogP contribution in [-0.4, -0.2) is 27.8 Å². The molecule has 5 rings (SSSR count). The number of aryl methyl sites for hydroxylation is 1. The molecule has 3 N–H and O–H groups in total. The lowest BCUT2D eigenvalue weighted by Crippen LogP contribution is -2.30. The predicted molar refractivity (Wildman–Crippen MR) is 143 cm³/mol. The normalized spacial score (nSPS) is 12.1. The minimum Gasteiger partial charge on any atom is -0.490 e. The topological polar surface area (TPSA) is 76.8 Å². The van der Waals surface area contributed by atoms with Gasteiger partial charge in [-0.05, 0) is 54.8 Å². The van der Waals surface area contributed by atoms with E-state index in [1.54, 1.807) is 12.3 Å². The third-order valence-corrected chi connectivity index (χ3v) is 6.66. The van der Waals surface area contributed by atoms with Crippen LogP contribution in [0.25, 0.3) is 33.3 Å². The standard InChI is InChI=1S/C28H24Cl2N4O/c1-17-23-13-20(8-10-27(23)34-33-17)24-14-22(15-32-28(24)19-5-3-2-4-6-19)35-16-21(31)11-18-7-9-25(29)26(30)12-18/h2-10,12-15,21H,11,16,31H2,1H3,(H,33,34)/t21-/m0/s1. The quantitative estimate of drug-likeness (QED) is 0.255. The Morgan fingerprint density at radius 2 is 1.77 bits per heavy atom. The number of fused-ring (bicyclic) bond motifs is 1. The predicted octanol–water partition coefficient (Wildman–Crippen LogP) is 6.86. The summed E-state index contributed by atoms with van der Waals surface area (Å²) >= 11 is 12.1. The number of ether oxygens (including phenoxy) is 1. The van der Waals surface area contributed by atoms with Crippen molar-refractivity contribution in [2.24, 2.45) is 5.73 Å². The summed E-state index contributed by atoms with van der Waals surface area (Å²) in [5.74, 6) is 0.660. The number of benzene rings is 3. The molecule has 7 heteroatoms. The van der Waals surface area contributed by atoms with Gasteiger partial charge in [-0.15, -0.1) is 0 Å². The molecule has 3 aromatic carbocycles. The summed E-state index contributed by atoms with van der Waals surface area (Å²) in [6.07, 6.45) is 2.37. The van der Waals surface area contributed by atoms with Crippen molar-refractivity contribution in [1.29, 1.82) is 0 Å². The van der Waals surface area contributed by atoms with Crippen molar-refractivity contribution in [3.05, 3.63) is 100 Å². The lowest BCUT2D eigenvalue weighted by molar-refractivity contribution is 0.287. The van der Waals surface area contributed by atoms with Crippen LogP contribution < -0.4 is 10.5 Å². The molecule has 5 aromatic rings. The number of pyridine rings is 1. The van der Waals surface area contributed by atoms with E-state index in [0.717, 1.165) is 44.5 Å². The van der Waals surface area contributed by atoms with Crippen molar-refractivity contribution < 1.29 is 4.74 Å². The van der Waals surface area contributed by atoms with Crippen molar-refractivity contribution in [2.75, 3.05) is 6.61 Å². The highest BCUT2D eigenvalue weighted by Gasteiger charge is 2.14. The maximum Gasteiger partial charge on any atom is 0.138 e. The molecule has 0 aliphatic rings. The van der Waals surface area contributed by atoms with E-state index in [1.807, 2.05) is 49.4 Å². The number of aromatic amines is 1. The van der Waals surface area contributed by atoms with Crippen molar-refractivity contribution in [3.8, 4) is 28.1 Å². The summed E-state index contributed by atoms with van der Waals surface area (Å²) < 4.78 is 6.08. The van der Waals surface area contributed by atoms with Gasteiger partial charge < -0.3 is 10.5 Å². The fourth-order valence-corrected chi connectivity index (χ4v) is 4.44. The minimum atomic E-state index is -0.213. The van der Waals surface area contributed by atoms with Crippen molar-refractivity contribution in [3.63, 3.8) is 0 Å². The maximum absolute atomic E-state index is 6.35. The van der Waals surface area contributed by atoms with Gasteiger partial charge in [-0.1, -0.05) is 65.7 Å². The summed E-state index contributed by atoms with van der Waals surface area (Å²) in [5, 5.41) is 9.52. The average Bonchev–Trinajstić information content (AvgIpc) is 3.25. The number of H-pyrrole nitrogens is 1. The number of nitrogens with one attached hydrogen (secondary N) is 1. The Morgan fingerprint density at radius 3 is 2.57 bits per heavy atom. The molecular formula is C28H24Cl2N4O. The third-order valence-electron chi connectivity index (χ3n) is 5.92. The van der Waals surface area contributed by atoms with Gasteiger partial charge in [0.1, 0.15) is 12.4 Å². The highest BCUT2D eigenvalue weighted by molar-refractivity contribution is 6.42. The maximum atomic E-state index is 6.35. The van der Waals surface area contributed by atoms with E-state index < -0.39 is 0 Å². The average molecular weight is 503 g/mol. The first kappa shape index (κ1) is 23.4. The first-order chi connectivity index (χ1) is 17.0. The van der Waals surface area contributed by atoms with Crippen LogP contribution in [0.1, 0.15) is 11.3 Å². The highest BCUT2D eigenvalue weighted by atomic mass is 35.5. The molecule has 2 heterocycles. The number of nitrogens with two attached hydrogens (primary N) is 1. The molecule has 2 aromatic heterocycles. The Hall–Kier alpha value is -3.38. The van der Waals surface area contributed by atoms with Crippen LogP contribution in [0, 0.1) is 6.92 Å². The van der Waals surface area contributed by atoms with Crippen LogP contribution in [0.5, 0.6) is 5.75 Å². The number of halogens is 2. The van der Waals surface area contributed by atoms with E-state index in [4.69, 9.17) is 38.7 Å². The number of hydrogen-bond donors (Lipinski definition) is 2. The molecule has 0 unspecified atom stereocenters. The zero-order chi connectivity index (χ0) is 24.4. The molecule has 0 spiro atoms. The number of aromatic nitrogens is 3. The zero-order valence-corrected chi connectivity index (χ0v) is 20.6. The Balaban J connectivity index is 1.42. The van der Waals surface area contributed by atoms with E-state index in [9.17, 15) is 0 Å². The fourth-order valence-electron chi connectivity index (χ4n) is 4.12. The van der Waals surface area contributed by atoms with E-state index in [0.29, 0.717) is 28.8 Å². The van der Waals surface area contributed by atoms with Gasteiger partial charge in [-0.2, -0.15) is 5.10 Å². The van der Waals surface area contributed by atoms with Crippen molar-refractivity contribution in [2.45, 2.75) is 19.4 Å². The first-order valence-corrected chi connectivity index (χ1v) is 12.1. The van der Waals surface area contributed by atoms with E-state index >= 15 is 0 Å². The molecule has 1 atom stereocenters. The SMILES string of the molecule is Cc1n[nH]c2ccc(-c3cc(OC[C@@H](N)Cc4ccc(Cl)c(Cl)c4)cnc3-c3ccccc3)cc12. The van der Waals surface area contributed by atoms with E-state index in [2.05, 4.69) is 34.5 Å². The summed E-state index contributed by atoms with van der Waals surface area (Å²) in [7, 11) is 0. The summed E-state index contributed by atoms with van der Waals surface area (Å²) in [5.41, 5.74) is 13.3. The monoisotopic (exact) mass is 502 g/mol. The molecule has 0 radical (unpaired) electrons. The van der Waals surface area contributed by atoms with Crippen LogP contribution in [0.3, 0.4) is 0 Å². The summed E-state index contributed by atoms with van der Waals surface area (Å²) in [6.45, 7) is 2.33. The van der Waals surface area contributed by atoms with Gasteiger partial charge in [0.15, 0.2) is 0 Å². The Labute approximate surface area is 213 Å². The first-order valence-electron chi connectivity index (χ1n) is 11.3. The molecule has 0 aliphatic carbocycles. The second-order valence-electron chi connectivity index (χ2n) is 8.53. The van der Waals surface area contributed by atoms with Gasteiger partial charge in [0, 0.05) is 22.6 Å². The fraction of sp³-hybridized carbons (Fsp3) is 0.143. The van der Waals surface area contributed by atoms with Crippen LogP contribution >= 0.6 is 23.2 Å². The van der Waals surface area contributed by atoms with Gasteiger partial charge in [0.25, 0.3) is 0 Å². The Bertz CT molecular complexity index is 1480. The summed E-state index contributed by atoms with van der Waals surface area (Å²) in [6, 6.07) is 23.7. The number of nitrogens with zero attached hydrogens (tertiary/aromatic N) is 2. The van der Waals surface area contributed by atoms with E-state index in [-0.39, 0.29) is 6.04 Å². The third kappa shape index (κ3) is 5.17. The second-order valence-corrected chi connectivity index (χ2v) is 9.34. The smallest absolute Gasteiger partial charge is 0.138 e. The Kier molecular flexibility index (Phi) is 6.73. The van der Waals surface area contributed by atoms with Crippen LogP contribution in [0.15, 0.2) is 79.0 Å². The lowest BCUT2D eigenvalue weighted by Gasteiger charge is -2.16. The van der Waals surface area contributed by atoms with Gasteiger partial charge in [-0.25, -0.2) is 0 Å². The van der Waals surface area contributed by atoms with Gasteiger partial charge >= 0.3 is 0 Å². The molecule has 176 valence electrons. The van der Waals surface area contributed by atoms with E-state index in [1.165, 1.54) is 0 Å². The van der Waals surface area contributed by atoms with Crippen molar-refractivity contribution >= 4 is 34.1 Å². The highest BCUT2D eigenvalue weighted by Crippen LogP contribution is 2.35. The minimum absolute atomic E-state index is 0.213. The molecular weight excluding hydrogens is 479 g/mol. The van der Waals surface area contributed by atoms with Gasteiger partial charge in [0.05, 0.1) is 33.1 Å². The molecule has 0 aliphatic heterocycles.